The summed E-state index contributed by atoms with van der Waals surface area (Å²) in [6.07, 6.45) is 5.05. The second-order valence-electron chi connectivity index (χ2n) is 7.58. The van der Waals surface area contributed by atoms with Gasteiger partial charge in [-0.2, -0.15) is 0 Å². The maximum absolute atomic E-state index is 10.00. The molecule has 5 aromatic rings. The number of phenolic OH excluding ortho intramolecular Hbond substituents is 1. The van der Waals surface area contributed by atoms with Crippen LogP contribution in [-0.2, 0) is 0 Å². The number of phenols is 1. The second-order valence-corrected chi connectivity index (χ2v) is 7.58. The number of hydrogen-bond acceptors (Lipinski definition) is 6. The first-order valence-electron chi connectivity index (χ1n) is 9.90. The predicted octanol–water partition coefficient (Wildman–Crippen LogP) is 4.49. The Morgan fingerprint density at radius 3 is 2.74 bits per heavy atom. The molecule has 0 fully saturated rings. The molecule has 0 radical (unpaired) electrons. The van der Waals surface area contributed by atoms with E-state index in [4.69, 9.17) is 9.72 Å². The van der Waals surface area contributed by atoms with Gasteiger partial charge in [0.05, 0.1) is 5.56 Å². The Hall–Kier alpha value is -4.26. The van der Waals surface area contributed by atoms with Gasteiger partial charge in [0.25, 0.3) is 0 Å². The molecule has 0 bridgehead atoms. The van der Waals surface area contributed by atoms with Crippen LogP contribution in [0.5, 0.6) is 17.4 Å². The van der Waals surface area contributed by atoms with Gasteiger partial charge in [0.1, 0.15) is 17.8 Å². The molecule has 4 heterocycles. The lowest BCUT2D eigenvalue weighted by atomic mass is 9.83. The van der Waals surface area contributed by atoms with Crippen molar-refractivity contribution in [3.8, 4) is 28.8 Å². The van der Waals surface area contributed by atoms with Crippen LogP contribution in [0.3, 0.4) is 0 Å². The van der Waals surface area contributed by atoms with Crippen LogP contribution in [0.15, 0.2) is 73.3 Å². The van der Waals surface area contributed by atoms with Crippen LogP contribution in [0.4, 0.5) is 0 Å². The van der Waals surface area contributed by atoms with E-state index < -0.39 is 0 Å². The molecule has 0 unspecified atom stereocenters. The van der Waals surface area contributed by atoms with E-state index in [2.05, 4.69) is 46.3 Å². The van der Waals surface area contributed by atoms with Crippen LogP contribution >= 0.6 is 0 Å². The lowest BCUT2D eigenvalue weighted by Crippen LogP contribution is -2.15. The van der Waals surface area contributed by atoms with Gasteiger partial charge in [-0.05, 0) is 30.7 Å². The number of nitrogens with zero attached hydrogens (tertiary/aromatic N) is 5. The highest BCUT2D eigenvalue weighted by Gasteiger charge is 2.33. The average molecular weight is 407 g/mol. The molecule has 1 aliphatic rings. The van der Waals surface area contributed by atoms with Crippen LogP contribution in [0.2, 0.25) is 0 Å². The Balaban J connectivity index is 1.62. The van der Waals surface area contributed by atoms with Gasteiger partial charge in [-0.25, -0.2) is 14.5 Å². The van der Waals surface area contributed by atoms with E-state index in [1.165, 1.54) is 5.56 Å². The summed E-state index contributed by atoms with van der Waals surface area (Å²) in [5, 5.41) is 14.6. The summed E-state index contributed by atoms with van der Waals surface area (Å²) >= 11 is 0. The van der Waals surface area contributed by atoms with Crippen molar-refractivity contribution in [1.29, 1.82) is 0 Å². The SMILES string of the molecule is Cc1ccc([C@H]2c3ccc(O)cc3Oc3ncn4nc(-c5cccnc5)nc4c32)cc1. The third-order valence-corrected chi connectivity index (χ3v) is 5.52. The molecule has 0 amide bonds. The number of fused-ring (bicyclic) bond motifs is 4. The lowest BCUT2D eigenvalue weighted by Gasteiger charge is -2.27. The first kappa shape index (κ1) is 17.6. The third-order valence-electron chi connectivity index (χ3n) is 5.52. The molecule has 1 N–H and O–H groups in total. The van der Waals surface area contributed by atoms with Crippen molar-refractivity contribution >= 4 is 5.65 Å². The van der Waals surface area contributed by atoms with Crippen molar-refractivity contribution in [3.05, 3.63) is 95.6 Å². The van der Waals surface area contributed by atoms with Gasteiger partial charge in [0.15, 0.2) is 11.5 Å². The number of pyridine rings is 1. The van der Waals surface area contributed by atoms with Gasteiger partial charge in [0.2, 0.25) is 5.88 Å². The van der Waals surface area contributed by atoms with Gasteiger partial charge >= 0.3 is 0 Å². The van der Waals surface area contributed by atoms with Crippen LogP contribution in [0.25, 0.3) is 17.0 Å². The lowest BCUT2D eigenvalue weighted by molar-refractivity contribution is 0.422. The zero-order valence-electron chi connectivity index (χ0n) is 16.6. The van der Waals surface area contributed by atoms with Crippen LogP contribution in [0.1, 0.15) is 28.2 Å². The molecule has 2 aromatic carbocycles. The number of aryl methyl sites for hydroxylation is 1. The number of aromatic hydroxyl groups is 1. The van der Waals surface area contributed by atoms with Gasteiger partial charge in [-0.1, -0.05) is 35.9 Å². The highest BCUT2D eigenvalue weighted by Crippen LogP contribution is 2.48. The minimum absolute atomic E-state index is 0.146. The summed E-state index contributed by atoms with van der Waals surface area (Å²) in [5.74, 6) is 1.60. The number of rotatable bonds is 2. The van der Waals surface area contributed by atoms with Gasteiger partial charge in [-0.3, -0.25) is 4.98 Å². The third kappa shape index (κ3) is 2.82. The van der Waals surface area contributed by atoms with Crippen LogP contribution in [-0.4, -0.2) is 29.7 Å². The zero-order valence-corrected chi connectivity index (χ0v) is 16.6. The van der Waals surface area contributed by atoms with Gasteiger partial charge in [0, 0.05) is 35.5 Å². The molecule has 0 saturated carbocycles. The van der Waals surface area contributed by atoms with E-state index in [0.717, 1.165) is 22.3 Å². The number of aromatic nitrogens is 5. The Morgan fingerprint density at radius 2 is 1.94 bits per heavy atom. The summed E-state index contributed by atoms with van der Waals surface area (Å²) in [6, 6.07) is 17.3. The zero-order chi connectivity index (χ0) is 20.9. The number of benzene rings is 2. The predicted molar refractivity (Wildman–Crippen MR) is 114 cm³/mol. The Morgan fingerprint density at radius 1 is 1.06 bits per heavy atom. The Kier molecular flexibility index (Phi) is 3.76. The molecule has 3 aromatic heterocycles. The highest BCUT2D eigenvalue weighted by atomic mass is 16.5. The molecule has 1 atom stereocenters. The van der Waals surface area contributed by atoms with Crippen molar-refractivity contribution in [2.24, 2.45) is 0 Å². The fourth-order valence-corrected chi connectivity index (χ4v) is 4.03. The molecular weight excluding hydrogens is 390 g/mol. The number of hydrogen-bond donors (Lipinski definition) is 1. The van der Waals surface area contributed by atoms with E-state index in [-0.39, 0.29) is 11.7 Å². The molecule has 6 rings (SSSR count). The summed E-state index contributed by atoms with van der Waals surface area (Å²) < 4.78 is 7.77. The minimum atomic E-state index is -0.165. The molecule has 0 spiro atoms. The van der Waals surface area contributed by atoms with Crippen molar-refractivity contribution in [1.82, 2.24) is 24.6 Å². The van der Waals surface area contributed by atoms with Crippen LogP contribution < -0.4 is 4.74 Å². The van der Waals surface area contributed by atoms with Gasteiger partial charge < -0.3 is 9.84 Å². The van der Waals surface area contributed by atoms with E-state index in [1.54, 1.807) is 35.4 Å². The quantitative estimate of drug-likeness (QED) is 0.455. The van der Waals surface area contributed by atoms with Gasteiger partial charge in [-0.15, -0.1) is 5.10 Å². The van der Waals surface area contributed by atoms with E-state index in [0.29, 0.717) is 23.1 Å². The number of ether oxygens (including phenoxy) is 1. The van der Waals surface area contributed by atoms with E-state index in [1.807, 2.05) is 18.2 Å². The molecule has 7 nitrogen and oxygen atoms in total. The fraction of sp³-hybridized carbons (Fsp3) is 0.0833. The maximum atomic E-state index is 10.00. The minimum Gasteiger partial charge on any atom is -0.508 e. The van der Waals surface area contributed by atoms with E-state index in [9.17, 15) is 5.11 Å². The largest absolute Gasteiger partial charge is 0.508 e. The van der Waals surface area contributed by atoms with Crippen molar-refractivity contribution in [3.63, 3.8) is 0 Å². The topological polar surface area (TPSA) is 85.4 Å². The summed E-state index contributed by atoms with van der Waals surface area (Å²) in [7, 11) is 0. The normalized spacial score (nSPS) is 14.7. The molecule has 0 saturated heterocycles. The average Bonchev–Trinajstić information content (AvgIpc) is 3.23. The summed E-state index contributed by atoms with van der Waals surface area (Å²) in [5.41, 5.74) is 5.55. The van der Waals surface area contributed by atoms with Crippen LogP contribution in [0, 0.1) is 6.92 Å². The Bertz CT molecular complexity index is 1430. The van der Waals surface area contributed by atoms with Crippen molar-refractivity contribution in [2.75, 3.05) is 0 Å². The first-order chi connectivity index (χ1) is 15.2. The fourth-order valence-electron chi connectivity index (χ4n) is 4.03. The second kappa shape index (κ2) is 6.63. The molecule has 7 heteroatoms. The van der Waals surface area contributed by atoms with E-state index >= 15 is 0 Å². The summed E-state index contributed by atoms with van der Waals surface area (Å²) in [6.45, 7) is 2.06. The molecule has 31 heavy (non-hydrogen) atoms. The first-order valence-corrected chi connectivity index (χ1v) is 9.90. The summed E-state index contributed by atoms with van der Waals surface area (Å²) in [4.78, 5) is 13.5. The van der Waals surface area contributed by atoms with Crippen molar-refractivity contribution < 1.29 is 9.84 Å². The molecule has 150 valence electrons. The maximum Gasteiger partial charge on any atom is 0.228 e. The smallest absolute Gasteiger partial charge is 0.228 e. The standard InChI is InChI=1S/C24H17N5O2/c1-14-4-6-15(7-5-14)20-18-9-8-17(30)11-19(18)31-24-21(20)23-27-22(28-29(23)13-26-24)16-3-2-10-25-12-16/h2-13,20,30H,1H3/t20-/m0/s1. The highest BCUT2D eigenvalue weighted by molar-refractivity contribution is 5.68. The molecule has 1 aliphatic heterocycles. The molecule has 0 aliphatic carbocycles. The monoisotopic (exact) mass is 407 g/mol. The van der Waals surface area contributed by atoms with Crippen molar-refractivity contribution in [2.45, 2.75) is 12.8 Å². The molecular formula is C24H17N5O2. The Labute approximate surface area is 177 Å².